The third kappa shape index (κ3) is 7.30. The first-order chi connectivity index (χ1) is 40.2. The molecule has 16 rings (SSSR count). The van der Waals surface area contributed by atoms with Gasteiger partial charge in [-0.05, 0) is 0 Å². The molecule has 14 aromatic rings. The number of rotatable bonds is 8. The van der Waals surface area contributed by atoms with Gasteiger partial charge in [0.1, 0.15) is 0 Å². The second-order valence-electron chi connectivity index (χ2n) is 24.7. The Bertz CT molecular complexity index is 4700. The molecule has 0 nitrogen and oxygen atoms in total. The molecule has 390 valence electrons. The molecule has 2 aliphatic rings. The Balaban J connectivity index is 1.05. The molecule has 0 fully saturated rings. The summed E-state index contributed by atoms with van der Waals surface area (Å²) >= 11 is -4.64. The van der Waals surface area contributed by atoms with Crippen LogP contribution in [0.15, 0.2) is 254 Å². The van der Waals surface area contributed by atoms with Gasteiger partial charge in [-0.25, -0.2) is 0 Å². The summed E-state index contributed by atoms with van der Waals surface area (Å²) in [6.45, 7) is 7.43. The van der Waals surface area contributed by atoms with E-state index in [4.69, 9.17) is 0 Å². The molecule has 0 saturated carbocycles. The Morgan fingerprint density at radius 1 is 0.293 bits per heavy atom. The molecule has 2 heteroatoms. The van der Waals surface area contributed by atoms with Crippen molar-refractivity contribution in [3.8, 4) is 44.5 Å². The zero-order chi connectivity index (χ0) is 55.0. The first-order valence-electron chi connectivity index (χ1n) is 29.6. The summed E-state index contributed by atoms with van der Waals surface area (Å²) in [4.78, 5) is 0. The zero-order valence-electron chi connectivity index (χ0n) is 47.0. The van der Waals surface area contributed by atoms with Gasteiger partial charge in [0.25, 0.3) is 0 Å². The Morgan fingerprint density at radius 2 is 0.500 bits per heavy atom. The van der Waals surface area contributed by atoms with Gasteiger partial charge in [0.05, 0.1) is 0 Å². The molecule has 0 spiro atoms. The van der Waals surface area contributed by atoms with Crippen LogP contribution in [0, 0.1) is 0 Å². The van der Waals surface area contributed by atoms with Gasteiger partial charge in [-0.1, -0.05) is 0 Å². The molecule has 14 aromatic carbocycles. The maximum atomic E-state index is 2.89. The monoisotopic (exact) mass is 1140 g/mol. The van der Waals surface area contributed by atoms with Crippen molar-refractivity contribution in [1.82, 2.24) is 0 Å². The van der Waals surface area contributed by atoms with Crippen molar-refractivity contribution < 1.29 is 17.4 Å². The Kier molecular flexibility index (Phi) is 11.3. The molecule has 0 saturated heterocycles. The van der Waals surface area contributed by atoms with Crippen molar-refractivity contribution in [2.75, 3.05) is 0 Å². The molecule has 0 N–H and O–H groups in total. The molecule has 2 unspecified atom stereocenters. The SMILES string of the molecule is CCC1=Cc2c(-c3c4ccccc4cc4ccccc34)ccc(-c3c4ccccc4cc4ccccc34)c2[CH]1[Zr]([CH3])([CH3])(=[SiH2])[CH]1C(CC)=Cc2c(-c3c4ccccc4cc4ccccc34)ccc(-c3c4ccccc4cc4ccccc34)c21. The standard InChI is InChI=1S/2C39H27.2CH3.H2Si.Zr/c2*1-2-25-21-36-34(38-30-15-7-3-11-26(30)23-27-12-4-8-16-31(27)38)19-20-35(37(36)22-25)39-32-17-9-5-13-28(32)24-29-14-6-10-18-33(29)39;;;;/h2*3-24H,2H2,1H3;2*1H3;1H2;. The summed E-state index contributed by atoms with van der Waals surface area (Å²) in [5.41, 5.74) is 19.9. The predicted molar refractivity (Wildman–Crippen MR) is 357 cm³/mol. The van der Waals surface area contributed by atoms with E-state index in [1.807, 2.05) is 0 Å². The van der Waals surface area contributed by atoms with E-state index in [9.17, 15) is 0 Å². The van der Waals surface area contributed by atoms with E-state index in [1.54, 1.807) is 11.1 Å². The van der Waals surface area contributed by atoms with Crippen molar-refractivity contribution >= 4 is 105 Å². The van der Waals surface area contributed by atoms with Crippen LogP contribution in [0.2, 0.25) is 9.26 Å². The summed E-state index contributed by atoms with van der Waals surface area (Å²) in [6.07, 6.45) is 7.39. The number of allylic oxidation sites excluding steroid dienone is 2. The quantitative estimate of drug-likeness (QED) is 0.105. The number of fused-ring (bicyclic) bond motifs is 10. The van der Waals surface area contributed by atoms with Crippen molar-refractivity contribution in [2.24, 2.45) is 0 Å². The maximum absolute atomic E-state index is 4.64. The van der Waals surface area contributed by atoms with Crippen LogP contribution >= 0.6 is 0 Å². The fourth-order valence-corrected chi connectivity index (χ4v) is 36.1. The first-order valence-corrected chi connectivity index (χ1v) is 43.3. The van der Waals surface area contributed by atoms with E-state index in [0.29, 0.717) is 0 Å². The molecule has 2 atom stereocenters. The zero-order valence-corrected chi connectivity index (χ0v) is 50.9. The second-order valence-corrected chi connectivity index (χ2v) is 55.2. The average molecular weight is 1140 g/mol. The fraction of sp³-hybridized carbons (Fsp3) is 0.100. The van der Waals surface area contributed by atoms with E-state index in [2.05, 4.69) is 285 Å². The molecule has 0 bridgehead atoms. The molecule has 0 aliphatic heterocycles. The third-order valence-corrected chi connectivity index (χ3v) is 36.8. The van der Waals surface area contributed by atoms with Crippen molar-refractivity contribution in [1.29, 1.82) is 0 Å². The van der Waals surface area contributed by atoms with Crippen LogP contribution in [0.1, 0.15) is 56.2 Å². The summed E-state index contributed by atoms with van der Waals surface area (Å²) in [7, 11) is 0. The summed E-state index contributed by atoms with van der Waals surface area (Å²) < 4.78 is 6.22. The van der Waals surface area contributed by atoms with Crippen molar-refractivity contribution in [3.05, 3.63) is 276 Å². The molecule has 82 heavy (non-hydrogen) atoms. The minimum atomic E-state index is -4.64. The van der Waals surface area contributed by atoms with E-state index in [1.165, 1.54) is 153 Å². The van der Waals surface area contributed by atoms with E-state index in [-0.39, 0.29) is 7.25 Å². The van der Waals surface area contributed by atoms with Crippen LogP contribution in [0.3, 0.4) is 0 Å². The van der Waals surface area contributed by atoms with Crippen LogP contribution in [0.25, 0.3) is 143 Å². The van der Waals surface area contributed by atoms with E-state index in [0.717, 1.165) is 12.8 Å². The van der Waals surface area contributed by atoms with Gasteiger partial charge < -0.3 is 0 Å². The van der Waals surface area contributed by atoms with Crippen molar-refractivity contribution in [3.63, 3.8) is 0 Å². The summed E-state index contributed by atoms with van der Waals surface area (Å²) in [5.74, 6) is 0. The van der Waals surface area contributed by atoms with Gasteiger partial charge in [0, 0.05) is 0 Å². The van der Waals surface area contributed by atoms with Crippen LogP contribution in [0.4, 0.5) is 0 Å². The fourth-order valence-electron chi connectivity index (χ4n) is 16.1. The first kappa shape index (κ1) is 49.5. The minimum absolute atomic E-state index is 0.221. The second kappa shape index (κ2) is 18.6. The summed E-state index contributed by atoms with van der Waals surface area (Å²) in [6, 6.07) is 92.9. The normalized spacial score (nSPS) is 15.3. The van der Waals surface area contributed by atoms with Crippen LogP contribution in [-0.2, 0) is 17.4 Å². The molecular formula is C80H62SiZr. The average Bonchev–Trinajstić information content (AvgIpc) is 2.16. The third-order valence-electron chi connectivity index (χ3n) is 19.4. The molecule has 0 amide bonds. The van der Waals surface area contributed by atoms with Gasteiger partial charge in [-0.15, -0.1) is 0 Å². The van der Waals surface area contributed by atoms with Gasteiger partial charge >= 0.3 is 486 Å². The Hall–Kier alpha value is -8.26. The van der Waals surface area contributed by atoms with Gasteiger partial charge in [-0.3, -0.25) is 0 Å². The predicted octanol–water partition coefficient (Wildman–Crippen LogP) is 22.3. The number of hydrogen-bond donors (Lipinski definition) is 0. The van der Waals surface area contributed by atoms with Crippen molar-refractivity contribution in [2.45, 2.75) is 43.2 Å². The molecule has 2 aliphatic carbocycles. The number of benzene rings is 14. The van der Waals surface area contributed by atoms with Crippen LogP contribution in [-0.4, -0.2) is 6.88 Å². The summed E-state index contributed by atoms with van der Waals surface area (Å²) in [5, 5.41) is 20.7. The van der Waals surface area contributed by atoms with Crippen LogP contribution < -0.4 is 0 Å². The molecular weight excluding hydrogens is 1080 g/mol. The molecule has 0 heterocycles. The number of hydrogen-bond acceptors (Lipinski definition) is 0. The van der Waals surface area contributed by atoms with Gasteiger partial charge in [0.15, 0.2) is 0 Å². The van der Waals surface area contributed by atoms with E-state index < -0.39 is 17.4 Å². The Labute approximate surface area is 482 Å². The molecule has 0 aromatic heterocycles. The topological polar surface area (TPSA) is 0 Å². The Morgan fingerprint density at radius 3 is 0.732 bits per heavy atom. The van der Waals surface area contributed by atoms with Gasteiger partial charge in [0.2, 0.25) is 0 Å². The molecule has 0 radical (unpaired) electrons. The van der Waals surface area contributed by atoms with E-state index >= 15 is 0 Å². The van der Waals surface area contributed by atoms with Crippen LogP contribution in [0.5, 0.6) is 0 Å². The van der Waals surface area contributed by atoms with Gasteiger partial charge in [-0.2, -0.15) is 0 Å².